The summed E-state index contributed by atoms with van der Waals surface area (Å²) in [5.74, 6) is 1.55. The van der Waals surface area contributed by atoms with Crippen molar-refractivity contribution in [1.82, 2.24) is 15.0 Å². The lowest BCUT2D eigenvalue weighted by molar-refractivity contribution is 0.122. The van der Waals surface area contributed by atoms with E-state index in [4.69, 9.17) is 14.5 Å². The molecule has 0 unspecified atom stereocenters. The number of rotatable bonds is 3. The van der Waals surface area contributed by atoms with E-state index in [1.807, 2.05) is 0 Å². The van der Waals surface area contributed by atoms with Crippen LogP contribution in [0.15, 0.2) is 30.6 Å². The fraction of sp³-hybridized carbons (Fsp3) is 0.333. The van der Waals surface area contributed by atoms with Crippen molar-refractivity contribution in [2.75, 3.05) is 38.3 Å². The van der Waals surface area contributed by atoms with E-state index in [1.54, 1.807) is 19.5 Å². The lowest BCUT2D eigenvalue weighted by Gasteiger charge is -2.29. The minimum Gasteiger partial charge on any atom is -0.494 e. The minimum absolute atomic E-state index is 0.759. The summed E-state index contributed by atoms with van der Waals surface area (Å²) in [7, 11) is 1.69. The van der Waals surface area contributed by atoms with Gasteiger partial charge in [0.15, 0.2) is 5.82 Å². The first-order valence-electron chi connectivity index (χ1n) is 8.08. The van der Waals surface area contributed by atoms with Gasteiger partial charge in [-0.05, 0) is 24.6 Å². The summed E-state index contributed by atoms with van der Waals surface area (Å²) < 4.78 is 11.1. The Morgan fingerprint density at radius 3 is 2.75 bits per heavy atom. The standard InChI is InChI=1S/C18H20N4O2/c1-12-9-15(18-19-3-4-20-18)21-17-14(12)10-13(11-16(17)23-2)22-5-7-24-8-6-22/h3-4,9-11H,5-8H2,1-2H3,(H,19,20). The molecule has 1 aliphatic heterocycles. The maximum atomic E-state index is 5.64. The topological polar surface area (TPSA) is 63.3 Å². The third-order valence-corrected chi connectivity index (χ3v) is 4.41. The molecule has 0 bridgehead atoms. The van der Waals surface area contributed by atoms with Gasteiger partial charge in [0, 0.05) is 42.6 Å². The zero-order valence-corrected chi connectivity index (χ0v) is 13.9. The number of aromatic nitrogens is 3. The second kappa shape index (κ2) is 6.13. The van der Waals surface area contributed by atoms with Crippen LogP contribution < -0.4 is 9.64 Å². The van der Waals surface area contributed by atoms with Gasteiger partial charge in [0.25, 0.3) is 0 Å². The maximum absolute atomic E-state index is 5.64. The zero-order valence-electron chi connectivity index (χ0n) is 13.9. The van der Waals surface area contributed by atoms with E-state index in [-0.39, 0.29) is 0 Å². The number of hydrogen-bond acceptors (Lipinski definition) is 5. The number of methoxy groups -OCH3 is 1. The Morgan fingerprint density at radius 2 is 2.04 bits per heavy atom. The number of morpholine rings is 1. The average molecular weight is 324 g/mol. The Balaban J connectivity index is 1.86. The second-order valence-corrected chi connectivity index (χ2v) is 5.91. The molecule has 6 heteroatoms. The number of nitrogens with one attached hydrogen (secondary N) is 1. The molecule has 3 aromatic rings. The second-order valence-electron chi connectivity index (χ2n) is 5.91. The van der Waals surface area contributed by atoms with Crippen LogP contribution >= 0.6 is 0 Å². The Bertz CT molecular complexity index is 855. The zero-order chi connectivity index (χ0) is 16.5. The first kappa shape index (κ1) is 15.0. The Labute approximate surface area is 140 Å². The van der Waals surface area contributed by atoms with E-state index in [2.05, 4.69) is 40.0 Å². The molecule has 0 saturated carbocycles. The van der Waals surface area contributed by atoms with Crippen molar-refractivity contribution >= 4 is 16.6 Å². The number of benzene rings is 1. The number of aryl methyl sites for hydroxylation is 1. The molecule has 0 radical (unpaired) electrons. The van der Waals surface area contributed by atoms with Crippen molar-refractivity contribution in [2.24, 2.45) is 0 Å². The summed E-state index contributed by atoms with van der Waals surface area (Å²) in [6.45, 7) is 5.40. The quantitative estimate of drug-likeness (QED) is 0.802. The fourth-order valence-electron chi connectivity index (χ4n) is 3.13. The number of imidazole rings is 1. The monoisotopic (exact) mass is 324 g/mol. The molecule has 24 heavy (non-hydrogen) atoms. The van der Waals surface area contributed by atoms with Crippen molar-refractivity contribution in [3.8, 4) is 17.3 Å². The third kappa shape index (κ3) is 2.59. The smallest absolute Gasteiger partial charge is 0.156 e. The van der Waals surface area contributed by atoms with Gasteiger partial charge in [-0.3, -0.25) is 0 Å². The highest BCUT2D eigenvalue weighted by atomic mass is 16.5. The van der Waals surface area contributed by atoms with Crippen molar-refractivity contribution < 1.29 is 9.47 Å². The molecular weight excluding hydrogens is 304 g/mol. The highest BCUT2D eigenvalue weighted by molar-refractivity contribution is 5.92. The summed E-state index contributed by atoms with van der Waals surface area (Å²) in [6, 6.07) is 6.31. The molecule has 1 fully saturated rings. The first-order chi connectivity index (χ1) is 11.8. The molecule has 1 aliphatic rings. The number of aromatic amines is 1. The predicted molar refractivity (Wildman–Crippen MR) is 93.6 cm³/mol. The molecule has 1 N–H and O–H groups in total. The van der Waals surface area contributed by atoms with Crippen LogP contribution in [0.3, 0.4) is 0 Å². The number of H-pyrrole nitrogens is 1. The molecule has 2 aromatic heterocycles. The third-order valence-electron chi connectivity index (χ3n) is 4.41. The van der Waals surface area contributed by atoms with Gasteiger partial charge in [-0.15, -0.1) is 0 Å². The Hall–Kier alpha value is -2.60. The molecular formula is C18H20N4O2. The predicted octanol–water partition coefficient (Wildman–Crippen LogP) is 2.78. The van der Waals surface area contributed by atoms with Gasteiger partial charge in [0.1, 0.15) is 17.0 Å². The van der Waals surface area contributed by atoms with Crippen LogP contribution in [0.5, 0.6) is 5.75 Å². The SMILES string of the molecule is COc1cc(N2CCOCC2)cc2c(C)cc(-c3ncc[nH]3)nc12. The molecule has 0 aliphatic carbocycles. The number of ether oxygens (including phenoxy) is 2. The van der Waals surface area contributed by atoms with Crippen LogP contribution in [0.25, 0.3) is 22.4 Å². The first-order valence-corrected chi connectivity index (χ1v) is 8.08. The highest BCUT2D eigenvalue weighted by Crippen LogP contribution is 2.34. The number of fused-ring (bicyclic) bond motifs is 1. The summed E-state index contributed by atoms with van der Waals surface area (Å²) in [6.07, 6.45) is 3.53. The number of hydrogen-bond donors (Lipinski definition) is 1. The molecule has 3 heterocycles. The highest BCUT2D eigenvalue weighted by Gasteiger charge is 2.17. The lowest BCUT2D eigenvalue weighted by Crippen LogP contribution is -2.36. The van der Waals surface area contributed by atoms with Crippen LogP contribution in [0, 0.1) is 6.92 Å². The van der Waals surface area contributed by atoms with E-state index in [9.17, 15) is 0 Å². The minimum atomic E-state index is 0.759. The molecule has 6 nitrogen and oxygen atoms in total. The lowest BCUT2D eigenvalue weighted by atomic mass is 10.1. The van der Waals surface area contributed by atoms with E-state index >= 15 is 0 Å². The molecule has 0 spiro atoms. The van der Waals surface area contributed by atoms with Gasteiger partial charge in [0.05, 0.1) is 20.3 Å². The van der Waals surface area contributed by atoms with Gasteiger partial charge in [-0.25, -0.2) is 9.97 Å². The van der Waals surface area contributed by atoms with Gasteiger partial charge in [-0.1, -0.05) is 0 Å². The molecule has 124 valence electrons. The van der Waals surface area contributed by atoms with E-state index in [1.165, 1.54) is 0 Å². The van der Waals surface area contributed by atoms with Gasteiger partial charge in [0.2, 0.25) is 0 Å². The summed E-state index contributed by atoms with van der Waals surface area (Å²) in [5.41, 5.74) is 3.99. The largest absolute Gasteiger partial charge is 0.494 e. The molecule has 0 atom stereocenters. The number of anilines is 1. The van der Waals surface area contributed by atoms with E-state index in [0.717, 1.165) is 65.7 Å². The van der Waals surface area contributed by atoms with Crippen molar-refractivity contribution in [2.45, 2.75) is 6.92 Å². The van der Waals surface area contributed by atoms with Crippen LogP contribution in [-0.4, -0.2) is 48.4 Å². The average Bonchev–Trinajstić information content (AvgIpc) is 3.16. The molecule has 4 rings (SSSR count). The molecule has 1 saturated heterocycles. The Morgan fingerprint density at radius 1 is 1.21 bits per heavy atom. The number of pyridine rings is 1. The summed E-state index contributed by atoms with van der Waals surface area (Å²) in [5, 5.41) is 1.10. The summed E-state index contributed by atoms with van der Waals surface area (Å²) >= 11 is 0. The van der Waals surface area contributed by atoms with Crippen LogP contribution in [0.1, 0.15) is 5.56 Å². The summed E-state index contributed by atoms with van der Waals surface area (Å²) in [4.78, 5) is 14.5. The van der Waals surface area contributed by atoms with Gasteiger partial charge >= 0.3 is 0 Å². The van der Waals surface area contributed by atoms with Crippen molar-refractivity contribution in [1.29, 1.82) is 0 Å². The fourth-order valence-corrected chi connectivity index (χ4v) is 3.13. The van der Waals surface area contributed by atoms with E-state index < -0.39 is 0 Å². The van der Waals surface area contributed by atoms with Crippen molar-refractivity contribution in [3.05, 3.63) is 36.2 Å². The molecule has 0 amide bonds. The number of nitrogens with zero attached hydrogens (tertiary/aromatic N) is 3. The van der Waals surface area contributed by atoms with Crippen molar-refractivity contribution in [3.63, 3.8) is 0 Å². The maximum Gasteiger partial charge on any atom is 0.156 e. The van der Waals surface area contributed by atoms with Crippen LogP contribution in [0.2, 0.25) is 0 Å². The normalized spacial score (nSPS) is 15.0. The van der Waals surface area contributed by atoms with Gasteiger partial charge in [-0.2, -0.15) is 0 Å². The van der Waals surface area contributed by atoms with E-state index in [0.29, 0.717) is 0 Å². The van der Waals surface area contributed by atoms with Crippen LogP contribution in [-0.2, 0) is 4.74 Å². The van der Waals surface area contributed by atoms with Crippen LogP contribution in [0.4, 0.5) is 5.69 Å². The van der Waals surface area contributed by atoms with Gasteiger partial charge < -0.3 is 19.4 Å². The Kier molecular flexibility index (Phi) is 3.82. The molecule has 1 aromatic carbocycles.